The number of halogens is 1. The molecule has 1 aliphatic heterocycles. The molecular formula is C14H13BrN2O5. The molecule has 8 heteroatoms. The summed E-state index contributed by atoms with van der Waals surface area (Å²) in [6.45, 7) is 2.10. The molecule has 1 aromatic carbocycles. The maximum absolute atomic E-state index is 12.2. The van der Waals surface area contributed by atoms with Gasteiger partial charge in [0.1, 0.15) is 12.1 Å². The molecule has 0 aromatic heterocycles. The Hall–Kier alpha value is -2.22. The molecule has 22 heavy (non-hydrogen) atoms. The van der Waals surface area contributed by atoms with E-state index in [1.165, 1.54) is 26.0 Å². The van der Waals surface area contributed by atoms with Crippen LogP contribution in [-0.2, 0) is 9.59 Å². The van der Waals surface area contributed by atoms with Crippen molar-refractivity contribution < 1.29 is 24.3 Å². The lowest BCUT2D eigenvalue weighted by molar-refractivity contribution is -0.146. The summed E-state index contributed by atoms with van der Waals surface area (Å²) >= 11 is 3.21. The lowest BCUT2D eigenvalue weighted by Gasteiger charge is -2.22. The number of carbonyl (C=O) groups excluding carboxylic acids is 3. The van der Waals surface area contributed by atoms with Crippen molar-refractivity contribution in [1.82, 2.24) is 10.2 Å². The molecule has 0 fully saturated rings. The Bertz CT molecular complexity index is 698. The molecule has 3 amide bonds. The topological polar surface area (TPSA) is 104 Å². The first kappa shape index (κ1) is 16.2. The van der Waals surface area contributed by atoms with Gasteiger partial charge in [-0.05, 0) is 32.0 Å². The zero-order valence-electron chi connectivity index (χ0n) is 11.8. The maximum atomic E-state index is 12.2. The summed E-state index contributed by atoms with van der Waals surface area (Å²) in [4.78, 5) is 48.0. The van der Waals surface area contributed by atoms with Crippen molar-refractivity contribution in [3.63, 3.8) is 0 Å². The molecule has 2 N–H and O–H groups in total. The molecule has 7 nitrogen and oxygen atoms in total. The predicted octanol–water partition coefficient (Wildman–Crippen LogP) is 1.02. The largest absolute Gasteiger partial charge is 0.480 e. The Kier molecular flexibility index (Phi) is 4.06. The highest BCUT2D eigenvalue weighted by Gasteiger charge is 2.38. The number of amides is 3. The first-order chi connectivity index (χ1) is 10.1. The Labute approximate surface area is 134 Å². The van der Waals surface area contributed by atoms with Crippen molar-refractivity contribution in [2.45, 2.75) is 19.4 Å². The Morgan fingerprint density at radius 2 is 1.82 bits per heavy atom. The highest BCUT2D eigenvalue weighted by Crippen LogP contribution is 2.25. The van der Waals surface area contributed by atoms with Crippen LogP contribution in [0.2, 0.25) is 0 Å². The number of carbonyl (C=O) groups is 4. The van der Waals surface area contributed by atoms with Gasteiger partial charge in [-0.2, -0.15) is 0 Å². The number of carboxylic acids is 1. The predicted molar refractivity (Wildman–Crippen MR) is 79.4 cm³/mol. The average molecular weight is 369 g/mol. The van der Waals surface area contributed by atoms with Gasteiger partial charge >= 0.3 is 5.97 Å². The fourth-order valence-corrected chi connectivity index (χ4v) is 2.35. The van der Waals surface area contributed by atoms with Crippen LogP contribution in [0.25, 0.3) is 0 Å². The maximum Gasteiger partial charge on any atom is 0.328 e. The third-order valence-corrected chi connectivity index (χ3v) is 3.71. The first-order valence-corrected chi connectivity index (χ1v) is 7.13. The number of fused-ring (bicyclic) bond motifs is 1. The SMILES string of the molecule is CC(C)(NC(=O)CN1C(=O)c2ccc(Br)cc2C1=O)C(=O)O. The molecule has 1 aromatic rings. The minimum absolute atomic E-state index is 0.213. The molecule has 0 bridgehead atoms. The van der Waals surface area contributed by atoms with E-state index in [1.807, 2.05) is 0 Å². The van der Waals surface area contributed by atoms with E-state index in [9.17, 15) is 19.2 Å². The normalized spacial score (nSPS) is 14.0. The Morgan fingerprint density at radius 1 is 1.23 bits per heavy atom. The lowest BCUT2D eigenvalue weighted by atomic mass is 10.1. The second-order valence-corrected chi connectivity index (χ2v) is 6.28. The van der Waals surface area contributed by atoms with Gasteiger partial charge in [-0.25, -0.2) is 4.79 Å². The number of hydrogen-bond acceptors (Lipinski definition) is 4. The molecule has 0 aliphatic carbocycles. The van der Waals surface area contributed by atoms with Gasteiger partial charge < -0.3 is 10.4 Å². The van der Waals surface area contributed by atoms with Crippen molar-refractivity contribution in [2.24, 2.45) is 0 Å². The molecule has 0 spiro atoms. The molecule has 0 atom stereocenters. The van der Waals surface area contributed by atoms with Gasteiger partial charge in [0.05, 0.1) is 11.1 Å². The second kappa shape index (κ2) is 5.53. The van der Waals surface area contributed by atoms with Crippen molar-refractivity contribution in [2.75, 3.05) is 6.54 Å². The zero-order chi connectivity index (χ0) is 16.7. The number of aliphatic carboxylic acids is 1. The quantitative estimate of drug-likeness (QED) is 0.772. The van der Waals surface area contributed by atoms with Crippen LogP contribution in [0.1, 0.15) is 34.6 Å². The average Bonchev–Trinajstić information content (AvgIpc) is 2.63. The standard InChI is InChI=1S/C14H13BrN2O5/c1-14(2,13(21)22)16-10(18)6-17-11(19)8-4-3-7(15)5-9(8)12(17)20/h3-5H,6H2,1-2H3,(H,16,18)(H,21,22). The van der Waals surface area contributed by atoms with E-state index in [4.69, 9.17) is 5.11 Å². The van der Waals surface area contributed by atoms with E-state index < -0.39 is 35.8 Å². The van der Waals surface area contributed by atoms with E-state index in [0.29, 0.717) is 4.47 Å². The van der Waals surface area contributed by atoms with E-state index in [-0.39, 0.29) is 11.1 Å². The van der Waals surface area contributed by atoms with Crippen LogP contribution in [0.5, 0.6) is 0 Å². The molecule has 1 aliphatic rings. The van der Waals surface area contributed by atoms with E-state index in [2.05, 4.69) is 21.2 Å². The molecule has 0 radical (unpaired) electrons. The van der Waals surface area contributed by atoms with Crippen molar-refractivity contribution in [3.05, 3.63) is 33.8 Å². The molecule has 2 rings (SSSR count). The molecule has 1 heterocycles. The molecule has 0 saturated carbocycles. The van der Waals surface area contributed by atoms with Gasteiger partial charge in [0.2, 0.25) is 5.91 Å². The second-order valence-electron chi connectivity index (χ2n) is 5.36. The van der Waals surface area contributed by atoms with Gasteiger partial charge in [-0.1, -0.05) is 15.9 Å². The van der Waals surface area contributed by atoms with Crippen LogP contribution in [0.15, 0.2) is 22.7 Å². The third-order valence-electron chi connectivity index (χ3n) is 3.22. The summed E-state index contributed by atoms with van der Waals surface area (Å²) in [5, 5.41) is 11.2. The van der Waals surface area contributed by atoms with Gasteiger partial charge in [0.15, 0.2) is 0 Å². The summed E-state index contributed by atoms with van der Waals surface area (Å²) in [7, 11) is 0. The fraction of sp³-hybridized carbons (Fsp3) is 0.286. The molecular weight excluding hydrogens is 356 g/mol. The van der Waals surface area contributed by atoms with E-state index in [0.717, 1.165) is 4.90 Å². The molecule has 0 unspecified atom stereocenters. The minimum Gasteiger partial charge on any atom is -0.480 e. The number of benzene rings is 1. The highest BCUT2D eigenvalue weighted by molar-refractivity contribution is 9.10. The summed E-state index contributed by atoms with van der Waals surface area (Å²) in [6, 6.07) is 4.63. The smallest absolute Gasteiger partial charge is 0.328 e. The number of nitrogens with zero attached hydrogens (tertiary/aromatic N) is 1. The number of carboxylic acid groups (broad SMARTS) is 1. The highest BCUT2D eigenvalue weighted by atomic mass is 79.9. The summed E-state index contributed by atoms with van der Waals surface area (Å²) < 4.78 is 0.644. The summed E-state index contributed by atoms with van der Waals surface area (Å²) in [6.07, 6.45) is 0. The van der Waals surface area contributed by atoms with Crippen LogP contribution in [0, 0.1) is 0 Å². The van der Waals surface area contributed by atoms with Crippen LogP contribution in [0.3, 0.4) is 0 Å². The Morgan fingerprint density at radius 3 is 2.41 bits per heavy atom. The van der Waals surface area contributed by atoms with Crippen LogP contribution in [-0.4, -0.2) is 45.8 Å². The fourth-order valence-electron chi connectivity index (χ4n) is 1.99. The molecule has 0 saturated heterocycles. The van der Waals surface area contributed by atoms with Crippen molar-refractivity contribution in [1.29, 1.82) is 0 Å². The lowest BCUT2D eigenvalue weighted by Crippen LogP contribution is -2.53. The monoisotopic (exact) mass is 368 g/mol. The number of hydrogen-bond donors (Lipinski definition) is 2. The third kappa shape index (κ3) is 2.87. The van der Waals surface area contributed by atoms with Gasteiger partial charge in [0.25, 0.3) is 11.8 Å². The number of imide groups is 1. The zero-order valence-corrected chi connectivity index (χ0v) is 13.4. The van der Waals surface area contributed by atoms with Crippen LogP contribution in [0.4, 0.5) is 0 Å². The van der Waals surface area contributed by atoms with Crippen molar-refractivity contribution in [3.8, 4) is 0 Å². The first-order valence-electron chi connectivity index (χ1n) is 6.33. The molecule has 116 valence electrons. The number of rotatable bonds is 4. The minimum atomic E-state index is -1.49. The van der Waals surface area contributed by atoms with Crippen LogP contribution < -0.4 is 5.32 Å². The van der Waals surface area contributed by atoms with E-state index in [1.54, 1.807) is 6.07 Å². The van der Waals surface area contributed by atoms with Crippen LogP contribution >= 0.6 is 15.9 Å². The summed E-state index contributed by atoms with van der Waals surface area (Å²) in [5.74, 6) is -3.09. The van der Waals surface area contributed by atoms with Crippen molar-refractivity contribution >= 4 is 39.6 Å². The van der Waals surface area contributed by atoms with Gasteiger partial charge in [-0.3, -0.25) is 19.3 Å². The number of nitrogens with one attached hydrogen (secondary N) is 1. The summed E-state index contributed by atoms with van der Waals surface area (Å²) in [5.41, 5.74) is -1.05. The van der Waals surface area contributed by atoms with Gasteiger partial charge in [-0.15, -0.1) is 0 Å². The van der Waals surface area contributed by atoms with Gasteiger partial charge in [0, 0.05) is 4.47 Å². The van der Waals surface area contributed by atoms with E-state index >= 15 is 0 Å². The Balaban J connectivity index is 2.16.